The van der Waals surface area contributed by atoms with Gasteiger partial charge in [-0.05, 0) is 55.6 Å². The standard InChI is InChI=1S/C23H30N4O/c28-22-19(21-24-8-9-25-21)4-5-20-17-10-16(14-27(20)22)13-26(15-17)18-11-23(12-18)6-2-1-3-7-23/h4-5,8-9,16-18H,1-3,6-7,10-15H2,(H,24,25)/t16-,17+/m0/s1. The first kappa shape index (κ1) is 17.0. The third kappa shape index (κ3) is 2.62. The zero-order valence-electron chi connectivity index (χ0n) is 16.6. The van der Waals surface area contributed by atoms with Gasteiger partial charge in [-0.3, -0.25) is 9.69 Å². The van der Waals surface area contributed by atoms with Gasteiger partial charge < -0.3 is 9.55 Å². The second kappa shape index (κ2) is 6.31. The first-order valence-corrected chi connectivity index (χ1v) is 11.2. The van der Waals surface area contributed by atoms with E-state index in [2.05, 4.69) is 25.5 Å². The molecule has 0 aromatic carbocycles. The molecule has 2 aliphatic heterocycles. The van der Waals surface area contributed by atoms with E-state index in [0.29, 0.717) is 28.6 Å². The average molecular weight is 379 g/mol. The number of imidazole rings is 1. The molecule has 6 rings (SSSR count). The van der Waals surface area contributed by atoms with Crippen LogP contribution in [0.4, 0.5) is 0 Å². The predicted octanol–water partition coefficient (Wildman–Crippen LogP) is 3.77. The van der Waals surface area contributed by atoms with Gasteiger partial charge in [0, 0.05) is 49.7 Å². The van der Waals surface area contributed by atoms with Crippen molar-refractivity contribution in [3.8, 4) is 11.4 Å². The van der Waals surface area contributed by atoms with Gasteiger partial charge in [0.1, 0.15) is 5.82 Å². The van der Waals surface area contributed by atoms with Crippen LogP contribution in [0.15, 0.2) is 29.3 Å². The maximum absolute atomic E-state index is 13.1. The van der Waals surface area contributed by atoms with E-state index in [1.165, 1.54) is 63.6 Å². The van der Waals surface area contributed by atoms with E-state index in [-0.39, 0.29) is 5.56 Å². The molecule has 148 valence electrons. The summed E-state index contributed by atoms with van der Waals surface area (Å²) >= 11 is 0. The van der Waals surface area contributed by atoms with Crippen LogP contribution in [0.1, 0.15) is 63.0 Å². The molecule has 0 unspecified atom stereocenters. The van der Waals surface area contributed by atoms with Gasteiger partial charge in [0.2, 0.25) is 0 Å². The fraction of sp³-hybridized carbons (Fsp3) is 0.652. The molecule has 5 heteroatoms. The van der Waals surface area contributed by atoms with E-state index >= 15 is 0 Å². The summed E-state index contributed by atoms with van der Waals surface area (Å²) in [5.74, 6) is 1.80. The van der Waals surface area contributed by atoms with Crippen molar-refractivity contribution in [3.63, 3.8) is 0 Å². The van der Waals surface area contributed by atoms with Crippen LogP contribution >= 0.6 is 0 Å². The molecule has 2 aromatic heterocycles. The minimum absolute atomic E-state index is 0.125. The number of pyridine rings is 1. The molecular formula is C23H30N4O. The van der Waals surface area contributed by atoms with E-state index in [1.807, 2.05) is 6.07 Å². The maximum Gasteiger partial charge on any atom is 0.261 e. The van der Waals surface area contributed by atoms with Crippen LogP contribution in [0.3, 0.4) is 0 Å². The van der Waals surface area contributed by atoms with Crippen LogP contribution in [0.5, 0.6) is 0 Å². The number of piperidine rings is 1. The van der Waals surface area contributed by atoms with E-state index in [4.69, 9.17) is 0 Å². The Labute approximate surface area is 166 Å². The highest BCUT2D eigenvalue weighted by Crippen LogP contribution is 2.54. The molecular weight excluding hydrogens is 348 g/mol. The Kier molecular flexibility index (Phi) is 3.84. The molecule has 2 aromatic rings. The fourth-order valence-electron chi connectivity index (χ4n) is 6.78. The lowest BCUT2D eigenvalue weighted by molar-refractivity contribution is -0.0487. The van der Waals surface area contributed by atoms with Crippen molar-refractivity contribution in [2.45, 2.75) is 69.9 Å². The van der Waals surface area contributed by atoms with Gasteiger partial charge in [-0.1, -0.05) is 19.3 Å². The molecule has 2 aliphatic carbocycles. The Morgan fingerprint density at radius 2 is 1.93 bits per heavy atom. The summed E-state index contributed by atoms with van der Waals surface area (Å²) in [4.78, 5) is 23.3. The molecule has 3 fully saturated rings. The molecule has 4 heterocycles. The van der Waals surface area contributed by atoms with E-state index in [0.717, 1.165) is 19.1 Å². The normalized spacial score (nSPS) is 29.4. The lowest BCUT2D eigenvalue weighted by Crippen LogP contribution is -2.57. The fourth-order valence-corrected chi connectivity index (χ4v) is 6.78. The highest BCUT2D eigenvalue weighted by Gasteiger charge is 2.48. The van der Waals surface area contributed by atoms with Crippen molar-refractivity contribution in [2.24, 2.45) is 11.3 Å². The Balaban J connectivity index is 1.23. The topological polar surface area (TPSA) is 53.9 Å². The monoisotopic (exact) mass is 378 g/mol. The molecule has 2 bridgehead atoms. The van der Waals surface area contributed by atoms with Gasteiger partial charge in [-0.2, -0.15) is 0 Å². The number of likely N-dealkylation sites (tertiary alicyclic amines) is 1. The van der Waals surface area contributed by atoms with Crippen molar-refractivity contribution in [2.75, 3.05) is 13.1 Å². The molecule has 2 atom stereocenters. The smallest absolute Gasteiger partial charge is 0.261 e. The lowest BCUT2D eigenvalue weighted by Gasteiger charge is -2.56. The summed E-state index contributed by atoms with van der Waals surface area (Å²) in [5.41, 5.74) is 2.76. The van der Waals surface area contributed by atoms with Crippen molar-refractivity contribution in [1.82, 2.24) is 19.4 Å². The highest BCUT2D eigenvalue weighted by atomic mass is 16.1. The van der Waals surface area contributed by atoms with Gasteiger partial charge in [0.15, 0.2) is 0 Å². The van der Waals surface area contributed by atoms with Gasteiger partial charge in [0.05, 0.1) is 5.56 Å². The molecule has 1 N–H and O–H groups in total. The number of nitrogens with one attached hydrogen (secondary N) is 1. The van der Waals surface area contributed by atoms with Crippen molar-refractivity contribution in [1.29, 1.82) is 0 Å². The Morgan fingerprint density at radius 3 is 2.71 bits per heavy atom. The van der Waals surface area contributed by atoms with Gasteiger partial charge >= 0.3 is 0 Å². The van der Waals surface area contributed by atoms with Crippen molar-refractivity contribution >= 4 is 0 Å². The third-order valence-electron chi connectivity index (χ3n) is 8.15. The predicted molar refractivity (Wildman–Crippen MR) is 109 cm³/mol. The summed E-state index contributed by atoms with van der Waals surface area (Å²) in [6.45, 7) is 3.18. The molecule has 2 saturated carbocycles. The number of fused-ring (bicyclic) bond motifs is 4. The lowest BCUT2D eigenvalue weighted by atomic mass is 9.57. The maximum atomic E-state index is 13.1. The summed E-state index contributed by atoms with van der Waals surface area (Å²) in [6, 6.07) is 4.96. The third-order valence-corrected chi connectivity index (χ3v) is 8.15. The second-order valence-corrected chi connectivity index (χ2v) is 9.90. The highest BCUT2D eigenvalue weighted by molar-refractivity contribution is 5.53. The molecule has 1 spiro atoms. The van der Waals surface area contributed by atoms with Crippen molar-refractivity contribution < 1.29 is 0 Å². The van der Waals surface area contributed by atoms with Crippen LogP contribution in [0.2, 0.25) is 0 Å². The second-order valence-electron chi connectivity index (χ2n) is 9.90. The van der Waals surface area contributed by atoms with Gasteiger partial charge in [0.25, 0.3) is 5.56 Å². The van der Waals surface area contributed by atoms with Crippen LogP contribution in [0.25, 0.3) is 11.4 Å². The number of nitrogens with zero attached hydrogens (tertiary/aromatic N) is 3. The number of aromatic amines is 1. The summed E-state index contributed by atoms with van der Waals surface area (Å²) in [6.07, 6.45) is 14.9. The molecule has 5 nitrogen and oxygen atoms in total. The zero-order valence-corrected chi connectivity index (χ0v) is 16.6. The van der Waals surface area contributed by atoms with Gasteiger partial charge in [-0.25, -0.2) is 4.98 Å². The minimum atomic E-state index is 0.125. The number of hydrogen-bond acceptors (Lipinski definition) is 3. The molecule has 0 radical (unpaired) electrons. The largest absolute Gasteiger partial charge is 0.344 e. The van der Waals surface area contributed by atoms with E-state index in [1.54, 1.807) is 12.4 Å². The zero-order chi connectivity index (χ0) is 18.7. The summed E-state index contributed by atoms with van der Waals surface area (Å²) < 4.78 is 2.05. The first-order valence-electron chi connectivity index (χ1n) is 11.2. The summed E-state index contributed by atoms with van der Waals surface area (Å²) in [7, 11) is 0. The average Bonchev–Trinajstić information content (AvgIpc) is 3.22. The van der Waals surface area contributed by atoms with Crippen molar-refractivity contribution in [3.05, 3.63) is 40.6 Å². The van der Waals surface area contributed by atoms with E-state index in [9.17, 15) is 4.79 Å². The molecule has 28 heavy (non-hydrogen) atoms. The van der Waals surface area contributed by atoms with Crippen LogP contribution in [-0.4, -0.2) is 38.6 Å². The number of aromatic nitrogens is 3. The molecule has 4 aliphatic rings. The van der Waals surface area contributed by atoms with Gasteiger partial charge in [-0.15, -0.1) is 0 Å². The first-order chi connectivity index (χ1) is 13.7. The quantitative estimate of drug-likeness (QED) is 0.865. The molecule has 0 amide bonds. The number of H-pyrrole nitrogens is 1. The van der Waals surface area contributed by atoms with E-state index < -0.39 is 0 Å². The molecule has 1 saturated heterocycles. The summed E-state index contributed by atoms with van der Waals surface area (Å²) in [5, 5.41) is 0. The Morgan fingerprint density at radius 1 is 1.07 bits per heavy atom. The SMILES string of the molecule is O=c1c(-c2ncc[nH]2)ccc2n1C[C@H]1C[C@@H]2CN(C2CC3(CCCCC3)C2)C1. The minimum Gasteiger partial charge on any atom is -0.344 e. The Bertz CT molecular complexity index is 917. The Hall–Kier alpha value is -1.88. The number of rotatable bonds is 2. The van der Waals surface area contributed by atoms with Crippen LogP contribution in [0, 0.1) is 11.3 Å². The van der Waals surface area contributed by atoms with Crippen LogP contribution < -0.4 is 5.56 Å². The van der Waals surface area contributed by atoms with Crippen LogP contribution in [-0.2, 0) is 6.54 Å². The number of hydrogen-bond donors (Lipinski definition) is 1.